The minimum Gasteiger partial charge on any atom is -0.272 e. The Morgan fingerprint density at radius 2 is 2.05 bits per heavy atom. The van der Waals surface area contributed by atoms with E-state index in [1.165, 1.54) is 18.6 Å². The van der Waals surface area contributed by atoms with Crippen molar-refractivity contribution in [3.8, 4) is 0 Å². The van der Waals surface area contributed by atoms with Crippen LogP contribution < -0.4 is 5.43 Å². The van der Waals surface area contributed by atoms with Gasteiger partial charge in [0.1, 0.15) is 5.69 Å². The first-order valence-electron chi connectivity index (χ1n) is 7.28. The first-order valence-corrected chi connectivity index (χ1v) is 7.28. The second-order valence-electron chi connectivity index (χ2n) is 5.28. The SMILES string of the molecule is CCC1CCCCC1=NNc1ccc([N+](=O)[O-])cc1[N+](=O)[O-]. The van der Waals surface area contributed by atoms with Crippen LogP contribution in [0, 0.1) is 26.1 Å². The van der Waals surface area contributed by atoms with E-state index in [4.69, 9.17) is 0 Å². The van der Waals surface area contributed by atoms with Crippen molar-refractivity contribution in [1.82, 2.24) is 0 Å². The van der Waals surface area contributed by atoms with E-state index < -0.39 is 9.85 Å². The fourth-order valence-electron chi connectivity index (χ4n) is 2.67. The van der Waals surface area contributed by atoms with Crippen molar-refractivity contribution in [1.29, 1.82) is 0 Å². The van der Waals surface area contributed by atoms with Crippen LogP contribution in [0.3, 0.4) is 0 Å². The van der Waals surface area contributed by atoms with Crippen LogP contribution in [0.1, 0.15) is 39.0 Å². The molecule has 0 bridgehead atoms. The van der Waals surface area contributed by atoms with E-state index in [2.05, 4.69) is 17.5 Å². The first-order chi connectivity index (χ1) is 10.5. The molecule has 8 heteroatoms. The molecule has 1 aliphatic carbocycles. The lowest BCUT2D eigenvalue weighted by molar-refractivity contribution is -0.393. The normalized spacial score (nSPS) is 19.9. The number of anilines is 1. The molecule has 0 amide bonds. The van der Waals surface area contributed by atoms with Gasteiger partial charge < -0.3 is 0 Å². The Labute approximate surface area is 127 Å². The number of hydrogen-bond acceptors (Lipinski definition) is 6. The number of non-ortho nitro benzene ring substituents is 1. The molecule has 0 spiro atoms. The second kappa shape index (κ2) is 6.97. The van der Waals surface area contributed by atoms with Crippen molar-refractivity contribution in [2.24, 2.45) is 11.0 Å². The Morgan fingerprint density at radius 3 is 2.68 bits per heavy atom. The lowest BCUT2D eigenvalue weighted by atomic mass is 9.86. The summed E-state index contributed by atoms with van der Waals surface area (Å²) in [6, 6.07) is 3.50. The van der Waals surface area contributed by atoms with Crippen LogP contribution >= 0.6 is 0 Å². The van der Waals surface area contributed by atoms with Gasteiger partial charge in [-0.15, -0.1) is 0 Å². The highest BCUT2D eigenvalue weighted by Crippen LogP contribution is 2.30. The molecule has 1 aromatic carbocycles. The fraction of sp³-hybridized carbons (Fsp3) is 0.500. The Bertz CT molecular complexity index is 615. The molecule has 1 atom stereocenters. The van der Waals surface area contributed by atoms with Gasteiger partial charge in [0.05, 0.1) is 15.9 Å². The molecule has 1 saturated carbocycles. The molecule has 0 radical (unpaired) electrons. The molecule has 1 unspecified atom stereocenters. The zero-order chi connectivity index (χ0) is 16.1. The molecular weight excluding hydrogens is 288 g/mol. The van der Waals surface area contributed by atoms with Gasteiger partial charge in [0, 0.05) is 11.8 Å². The summed E-state index contributed by atoms with van der Waals surface area (Å²) in [5, 5.41) is 26.1. The summed E-state index contributed by atoms with van der Waals surface area (Å²) < 4.78 is 0. The zero-order valence-corrected chi connectivity index (χ0v) is 12.3. The van der Waals surface area contributed by atoms with Gasteiger partial charge in [0.25, 0.3) is 5.69 Å². The van der Waals surface area contributed by atoms with E-state index in [1.54, 1.807) is 0 Å². The number of rotatable bonds is 5. The molecule has 1 aromatic rings. The molecule has 0 saturated heterocycles. The number of nitro groups is 2. The number of nitrogens with one attached hydrogen (secondary N) is 1. The number of nitrogens with zero attached hydrogens (tertiary/aromatic N) is 3. The van der Waals surface area contributed by atoms with Gasteiger partial charge in [0.15, 0.2) is 0 Å². The van der Waals surface area contributed by atoms with Gasteiger partial charge in [-0.2, -0.15) is 5.10 Å². The predicted octanol–water partition coefficient (Wildman–Crippen LogP) is 3.87. The van der Waals surface area contributed by atoms with Gasteiger partial charge >= 0.3 is 5.69 Å². The Morgan fingerprint density at radius 1 is 1.27 bits per heavy atom. The van der Waals surface area contributed by atoms with Crippen molar-refractivity contribution in [3.05, 3.63) is 38.4 Å². The minimum atomic E-state index is -0.656. The number of hydrazone groups is 1. The zero-order valence-electron chi connectivity index (χ0n) is 12.3. The highest BCUT2D eigenvalue weighted by atomic mass is 16.6. The van der Waals surface area contributed by atoms with Crippen LogP contribution in [-0.2, 0) is 0 Å². The highest BCUT2D eigenvalue weighted by Gasteiger charge is 2.21. The highest BCUT2D eigenvalue weighted by molar-refractivity contribution is 5.88. The average Bonchev–Trinajstić information content (AvgIpc) is 2.52. The second-order valence-corrected chi connectivity index (χ2v) is 5.28. The molecular formula is C14H18N4O4. The van der Waals surface area contributed by atoms with E-state index in [1.807, 2.05) is 0 Å². The first kappa shape index (κ1) is 15.9. The maximum absolute atomic E-state index is 11.1. The summed E-state index contributed by atoms with van der Waals surface area (Å²) in [5.41, 5.74) is 3.25. The van der Waals surface area contributed by atoms with Gasteiger partial charge in [-0.05, 0) is 37.7 Å². The maximum Gasteiger partial charge on any atom is 0.301 e. The lowest BCUT2D eigenvalue weighted by Crippen LogP contribution is -2.19. The summed E-state index contributed by atoms with van der Waals surface area (Å²) in [6.07, 6.45) is 5.20. The number of benzene rings is 1. The van der Waals surface area contributed by atoms with E-state index in [0.717, 1.165) is 37.5 Å². The molecule has 0 aromatic heterocycles. The fourth-order valence-corrected chi connectivity index (χ4v) is 2.67. The monoisotopic (exact) mass is 306 g/mol. The van der Waals surface area contributed by atoms with Crippen molar-refractivity contribution >= 4 is 22.8 Å². The Balaban J connectivity index is 2.25. The van der Waals surface area contributed by atoms with Gasteiger partial charge in [0.2, 0.25) is 0 Å². The molecule has 118 valence electrons. The van der Waals surface area contributed by atoms with Gasteiger partial charge in [-0.1, -0.05) is 13.3 Å². The molecule has 2 rings (SSSR count). The maximum atomic E-state index is 11.1. The summed E-state index contributed by atoms with van der Waals surface area (Å²) in [6.45, 7) is 2.10. The van der Waals surface area contributed by atoms with Crippen LogP contribution in [-0.4, -0.2) is 15.6 Å². The minimum absolute atomic E-state index is 0.170. The molecule has 1 aliphatic rings. The number of nitro benzene ring substituents is 2. The van der Waals surface area contributed by atoms with Crippen LogP contribution in [0.25, 0.3) is 0 Å². The standard InChI is InChI=1S/C14H18N4O4/c1-2-10-5-3-4-6-12(10)15-16-13-8-7-11(17(19)20)9-14(13)18(21)22/h7-10,16H,2-6H2,1H3. The lowest BCUT2D eigenvalue weighted by Gasteiger charge is -2.22. The van der Waals surface area contributed by atoms with E-state index in [9.17, 15) is 20.2 Å². The Kier molecular flexibility index (Phi) is 5.03. The topological polar surface area (TPSA) is 111 Å². The molecule has 0 heterocycles. The predicted molar refractivity (Wildman–Crippen MR) is 83.1 cm³/mol. The summed E-state index contributed by atoms with van der Waals surface area (Å²) in [5.74, 6) is 0.401. The molecule has 1 fully saturated rings. The van der Waals surface area contributed by atoms with Crippen molar-refractivity contribution in [2.75, 3.05) is 5.43 Å². The summed E-state index contributed by atoms with van der Waals surface area (Å²) in [7, 11) is 0. The van der Waals surface area contributed by atoms with E-state index in [0.29, 0.717) is 5.92 Å². The van der Waals surface area contributed by atoms with Crippen molar-refractivity contribution in [3.63, 3.8) is 0 Å². The van der Waals surface area contributed by atoms with Crippen LogP contribution in [0.2, 0.25) is 0 Å². The Hall–Kier alpha value is -2.51. The third-order valence-electron chi connectivity index (χ3n) is 3.91. The average molecular weight is 306 g/mol. The third kappa shape index (κ3) is 3.57. The third-order valence-corrected chi connectivity index (χ3v) is 3.91. The van der Waals surface area contributed by atoms with Gasteiger partial charge in [-0.3, -0.25) is 25.7 Å². The molecule has 1 N–H and O–H groups in total. The smallest absolute Gasteiger partial charge is 0.272 e. The molecule has 22 heavy (non-hydrogen) atoms. The van der Waals surface area contributed by atoms with Crippen LogP contribution in [0.5, 0.6) is 0 Å². The van der Waals surface area contributed by atoms with E-state index >= 15 is 0 Å². The summed E-state index contributed by atoms with van der Waals surface area (Å²) >= 11 is 0. The number of hydrogen-bond donors (Lipinski definition) is 1. The largest absolute Gasteiger partial charge is 0.301 e. The molecule has 8 nitrogen and oxygen atoms in total. The van der Waals surface area contributed by atoms with Crippen LogP contribution in [0.4, 0.5) is 17.1 Å². The van der Waals surface area contributed by atoms with Gasteiger partial charge in [-0.25, -0.2) is 0 Å². The van der Waals surface area contributed by atoms with Crippen molar-refractivity contribution < 1.29 is 9.85 Å². The van der Waals surface area contributed by atoms with Crippen LogP contribution in [0.15, 0.2) is 23.3 Å². The van der Waals surface area contributed by atoms with Crippen molar-refractivity contribution in [2.45, 2.75) is 39.0 Å². The summed E-state index contributed by atoms with van der Waals surface area (Å²) in [4.78, 5) is 20.5. The quantitative estimate of drug-likeness (QED) is 0.655. The molecule has 0 aliphatic heterocycles. The van der Waals surface area contributed by atoms with E-state index in [-0.39, 0.29) is 17.1 Å².